The number of rotatable bonds is 3. The minimum absolute atomic E-state index is 0.258. The maximum atomic E-state index is 10.9. The monoisotopic (exact) mass is 261 g/mol. The average Bonchev–Trinajstić information content (AvgIpc) is 2.39. The topological polar surface area (TPSA) is 87.1 Å². The minimum Gasteiger partial charge on any atom is -0.475 e. The van der Waals surface area contributed by atoms with Crippen molar-refractivity contribution in [3.05, 3.63) is 59.8 Å². The Kier molecular flexibility index (Phi) is 3.51. The standard InChI is InChI=1S/C13H11NO5/c15-12(16)11-8-14(13(17)18)7-10(19-11)6-9-4-2-1-3-5-9/h1-5,7-8H,6H2,(H,15,16)(H,17,18). The van der Waals surface area contributed by atoms with Crippen LogP contribution in [0.2, 0.25) is 0 Å². The first-order valence-electron chi connectivity index (χ1n) is 5.45. The fourth-order valence-electron chi connectivity index (χ4n) is 1.60. The summed E-state index contributed by atoms with van der Waals surface area (Å²) < 4.78 is 5.15. The first kappa shape index (κ1) is 12.7. The zero-order valence-electron chi connectivity index (χ0n) is 9.81. The van der Waals surface area contributed by atoms with Crippen molar-refractivity contribution in [1.82, 2.24) is 4.90 Å². The molecule has 2 rings (SSSR count). The number of carboxylic acid groups (broad SMARTS) is 2. The van der Waals surface area contributed by atoms with E-state index < -0.39 is 17.8 Å². The van der Waals surface area contributed by atoms with Crippen LogP contribution < -0.4 is 0 Å². The molecule has 6 heteroatoms. The SMILES string of the molecule is O=C(O)C1=CN(C(=O)O)C=C(Cc2ccccc2)O1. The molecule has 0 unspecified atom stereocenters. The van der Waals surface area contributed by atoms with Crippen LogP contribution in [-0.4, -0.2) is 27.2 Å². The number of aliphatic carboxylic acids is 1. The number of nitrogens with zero attached hydrogens (tertiary/aromatic N) is 1. The van der Waals surface area contributed by atoms with Gasteiger partial charge in [0.15, 0.2) is 0 Å². The summed E-state index contributed by atoms with van der Waals surface area (Å²) in [6, 6.07) is 9.21. The van der Waals surface area contributed by atoms with E-state index in [1.807, 2.05) is 30.3 Å². The maximum absolute atomic E-state index is 10.9. The molecule has 1 amide bonds. The molecule has 1 aromatic rings. The van der Waals surface area contributed by atoms with E-state index in [4.69, 9.17) is 14.9 Å². The van der Waals surface area contributed by atoms with Gasteiger partial charge in [-0.1, -0.05) is 30.3 Å². The Labute approximate surface area is 108 Å². The van der Waals surface area contributed by atoms with Gasteiger partial charge in [0.2, 0.25) is 5.76 Å². The highest BCUT2D eigenvalue weighted by Crippen LogP contribution is 2.19. The van der Waals surface area contributed by atoms with E-state index in [1.165, 1.54) is 6.20 Å². The maximum Gasteiger partial charge on any atom is 0.415 e. The molecular formula is C13H11NO5. The molecule has 1 aromatic carbocycles. The number of ether oxygens (including phenoxy) is 1. The van der Waals surface area contributed by atoms with E-state index in [1.54, 1.807) is 0 Å². The van der Waals surface area contributed by atoms with Gasteiger partial charge in [-0.05, 0) is 5.56 Å². The lowest BCUT2D eigenvalue weighted by atomic mass is 10.1. The molecule has 1 aliphatic heterocycles. The Morgan fingerprint density at radius 2 is 1.79 bits per heavy atom. The lowest BCUT2D eigenvalue weighted by molar-refractivity contribution is -0.136. The smallest absolute Gasteiger partial charge is 0.415 e. The number of hydrogen-bond donors (Lipinski definition) is 2. The number of carboxylic acids is 1. The average molecular weight is 261 g/mol. The zero-order valence-corrected chi connectivity index (χ0v) is 9.81. The summed E-state index contributed by atoms with van der Waals surface area (Å²) in [5, 5.41) is 17.8. The predicted octanol–water partition coefficient (Wildman–Crippen LogP) is 2.01. The van der Waals surface area contributed by atoms with Gasteiger partial charge in [0, 0.05) is 6.42 Å². The molecule has 0 bridgehead atoms. The second kappa shape index (κ2) is 5.26. The van der Waals surface area contributed by atoms with E-state index >= 15 is 0 Å². The summed E-state index contributed by atoms with van der Waals surface area (Å²) in [6.45, 7) is 0. The van der Waals surface area contributed by atoms with Gasteiger partial charge in [-0.25, -0.2) is 9.59 Å². The summed E-state index contributed by atoms with van der Waals surface area (Å²) in [4.78, 5) is 22.6. The van der Waals surface area contributed by atoms with E-state index in [9.17, 15) is 9.59 Å². The molecule has 2 N–H and O–H groups in total. The second-order valence-corrected chi connectivity index (χ2v) is 3.85. The van der Waals surface area contributed by atoms with Crippen molar-refractivity contribution in [3.8, 4) is 0 Å². The molecule has 0 saturated heterocycles. The molecule has 0 fully saturated rings. The van der Waals surface area contributed by atoms with Gasteiger partial charge in [0.05, 0.1) is 12.4 Å². The molecule has 0 aromatic heterocycles. The van der Waals surface area contributed by atoms with Crippen LogP contribution in [0.5, 0.6) is 0 Å². The molecule has 0 aliphatic carbocycles. The van der Waals surface area contributed by atoms with Gasteiger partial charge in [-0.3, -0.25) is 4.90 Å². The van der Waals surface area contributed by atoms with Gasteiger partial charge < -0.3 is 14.9 Å². The van der Waals surface area contributed by atoms with Crippen molar-refractivity contribution < 1.29 is 24.5 Å². The molecule has 1 heterocycles. The third kappa shape index (κ3) is 3.12. The molecule has 0 atom stereocenters. The first-order chi connectivity index (χ1) is 9.06. The van der Waals surface area contributed by atoms with E-state index in [0.717, 1.165) is 16.7 Å². The van der Waals surface area contributed by atoms with Gasteiger partial charge in [-0.2, -0.15) is 0 Å². The Morgan fingerprint density at radius 1 is 1.11 bits per heavy atom. The predicted molar refractivity (Wildman–Crippen MR) is 64.9 cm³/mol. The Balaban J connectivity index is 2.21. The largest absolute Gasteiger partial charge is 0.475 e. The van der Waals surface area contributed by atoms with Crippen molar-refractivity contribution in [2.75, 3.05) is 0 Å². The third-order valence-electron chi connectivity index (χ3n) is 2.43. The van der Waals surface area contributed by atoms with Crippen LogP contribution >= 0.6 is 0 Å². The molecule has 19 heavy (non-hydrogen) atoms. The number of hydrogen-bond acceptors (Lipinski definition) is 3. The Bertz CT molecular complexity index is 562. The van der Waals surface area contributed by atoms with Crippen LogP contribution in [0.4, 0.5) is 4.79 Å². The van der Waals surface area contributed by atoms with Crippen LogP contribution in [0, 0.1) is 0 Å². The number of carbonyl (C=O) groups is 2. The van der Waals surface area contributed by atoms with Gasteiger partial charge in [-0.15, -0.1) is 0 Å². The van der Waals surface area contributed by atoms with Gasteiger partial charge in [0.25, 0.3) is 0 Å². The van der Waals surface area contributed by atoms with Crippen LogP contribution in [0.1, 0.15) is 5.56 Å². The lowest BCUT2D eigenvalue weighted by Crippen LogP contribution is -2.25. The van der Waals surface area contributed by atoms with Crippen LogP contribution in [0.15, 0.2) is 54.3 Å². The van der Waals surface area contributed by atoms with Gasteiger partial charge >= 0.3 is 12.1 Å². The number of amides is 1. The molecule has 6 nitrogen and oxygen atoms in total. The quantitative estimate of drug-likeness (QED) is 0.869. The highest BCUT2D eigenvalue weighted by molar-refractivity contribution is 5.85. The normalized spacial score (nSPS) is 14.2. The van der Waals surface area contributed by atoms with Crippen molar-refractivity contribution in [2.24, 2.45) is 0 Å². The Morgan fingerprint density at radius 3 is 2.37 bits per heavy atom. The molecule has 98 valence electrons. The second-order valence-electron chi connectivity index (χ2n) is 3.85. The molecule has 0 radical (unpaired) electrons. The first-order valence-corrected chi connectivity index (χ1v) is 5.45. The van der Waals surface area contributed by atoms with E-state index in [2.05, 4.69) is 0 Å². The lowest BCUT2D eigenvalue weighted by Gasteiger charge is -2.20. The summed E-state index contributed by atoms with van der Waals surface area (Å²) in [5.41, 5.74) is 0.894. The fraction of sp³-hybridized carbons (Fsp3) is 0.0769. The number of benzene rings is 1. The zero-order chi connectivity index (χ0) is 13.8. The highest BCUT2D eigenvalue weighted by Gasteiger charge is 2.22. The van der Waals surface area contributed by atoms with Crippen molar-refractivity contribution in [1.29, 1.82) is 0 Å². The summed E-state index contributed by atoms with van der Waals surface area (Å²) in [7, 11) is 0. The van der Waals surface area contributed by atoms with Crippen LogP contribution in [0.25, 0.3) is 0 Å². The minimum atomic E-state index is -1.31. The van der Waals surface area contributed by atoms with E-state index in [0.29, 0.717) is 6.42 Å². The fourth-order valence-corrected chi connectivity index (χ4v) is 1.60. The molecule has 0 spiro atoms. The van der Waals surface area contributed by atoms with Crippen LogP contribution in [0.3, 0.4) is 0 Å². The van der Waals surface area contributed by atoms with Crippen LogP contribution in [-0.2, 0) is 16.0 Å². The summed E-state index contributed by atoms with van der Waals surface area (Å²) in [6.07, 6.45) is 1.21. The van der Waals surface area contributed by atoms with Crippen molar-refractivity contribution in [3.63, 3.8) is 0 Å². The molecule has 0 saturated carbocycles. The van der Waals surface area contributed by atoms with Gasteiger partial charge in [0.1, 0.15) is 5.76 Å². The summed E-state index contributed by atoms with van der Waals surface area (Å²) in [5.74, 6) is -1.48. The van der Waals surface area contributed by atoms with E-state index in [-0.39, 0.29) is 5.76 Å². The summed E-state index contributed by atoms with van der Waals surface area (Å²) >= 11 is 0. The van der Waals surface area contributed by atoms with Crippen molar-refractivity contribution in [2.45, 2.75) is 6.42 Å². The molecular weight excluding hydrogens is 250 g/mol. The molecule has 1 aliphatic rings. The third-order valence-corrected chi connectivity index (χ3v) is 2.43. The number of allylic oxidation sites excluding steroid dienone is 1. The Hall–Kier alpha value is -2.76. The highest BCUT2D eigenvalue weighted by atomic mass is 16.5. The van der Waals surface area contributed by atoms with Crippen molar-refractivity contribution >= 4 is 12.1 Å².